The smallest absolute Gasteiger partial charge is 0.173 e. The van der Waals surface area contributed by atoms with Crippen molar-refractivity contribution in [1.29, 1.82) is 0 Å². The Labute approximate surface area is 201 Å². The minimum atomic E-state index is 0. The first-order chi connectivity index (χ1) is 15.4. The summed E-state index contributed by atoms with van der Waals surface area (Å²) in [7, 11) is 0. The highest BCUT2D eigenvalue weighted by Gasteiger charge is 2.33. The first-order valence-electron chi connectivity index (χ1n) is 11.7. The number of piperazine rings is 1. The van der Waals surface area contributed by atoms with Gasteiger partial charge in [-0.15, -0.1) is 28.8 Å². The number of thiophene rings is 1. The van der Waals surface area contributed by atoms with Crippen molar-refractivity contribution in [3.63, 3.8) is 0 Å². The summed E-state index contributed by atoms with van der Waals surface area (Å²) in [5.41, 5.74) is 1.32. The summed E-state index contributed by atoms with van der Waals surface area (Å²) in [6.45, 7) is 5.25. The van der Waals surface area contributed by atoms with E-state index in [1.165, 1.54) is 42.5 Å². The van der Waals surface area contributed by atoms with Gasteiger partial charge in [-0.05, 0) is 46.7 Å². The average Bonchev–Trinajstić information content (AvgIpc) is 3.53. The zero-order chi connectivity index (χ0) is 20.9. The zero-order valence-electron chi connectivity index (χ0n) is 18.6. The molecule has 0 spiro atoms. The molecule has 5 rings (SSSR count). The van der Waals surface area contributed by atoms with Crippen molar-refractivity contribution in [3.8, 4) is 0 Å². The Kier molecular flexibility index (Phi) is 8.30. The van der Waals surface area contributed by atoms with Crippen LogP contribution < -0.4 is 0 Å². The second-order valence-electron chi connectivity index (χ2n) is 8.78. The molecule has 0 bridgehead atoms. The summed E-state index contributed by atoms with van der Waals surface area (Å²) >= 11 is 1.81. The number of hydrogen-bond donors (Lipinski definition) is 0. The molecule has 1 saturated heterocycles. The fraction of sp³-hybridized carbons (Fsp3) is 0.542. The van der Waals surface area contributed by atoms with Crippen molar-refractivity contribution < 1.29 is 0 Å². The van der Waals surface area contributed by atoms with Gasteiger partial charge in [-0.2, -0.15) is 0 Å². The molecule has 1 aromatic carbocycles. The van der Waals surface area contributed by atoms with E-state index in [0.717, 1.165) is 51.0 Å². The highest BCUT2D eigenvalue weighted by molar-refractivity contribution is 7.10. The van der Waals surface area contributed by atoms with E-state index in [2.05, 4.69) is 73.2 Å². The molecule has 3 aromatic rings. The van der Waals surface area contributed by atoms with Crippen molar-refractivity contribution in [2.24, 2.45) is 0 Å². The Bertz CT molecular complexity index is 917. The molecule has 2 aromatic heterocycles. The van der Waals surface area contributed by atoms with Gasteiger partial charge < -0.3 is 0 Å². The molecule has 1 unspecified atom stereocenters. The van der Waals surface area contributed by atoms with Crippen LogP contribution in [0, 0.1) is 0 Å². The summed E-state index contributed by atoms with van der Waals surface area (Å²) in [5, 5.41) is 15.1. The number of rotatable bonds is 7. The van der Waals surface area contributed by atoms with Gasteiger partial charge in [0, 0.05) is 43.6 Å². The Hall–Kier alpha value is -1.80. The molecule has 0 radical (unpaired) electrons. The molecule has 1 atom stereocenters. The lowest BCUT2D eigenvalue weighted by atomic mass is 9.93. The molecular weight excluding hydrogens is 440 g/mol. The van der Waals surface area contributed by atoms with E-state index in [4.69, 9.17) is 0 Å². The maximum absolute atomic E-state index is 4.52. The van der Waals surface area contributed by atoms with E-state index in [1.807, 2.05) is 16.0 Å². The van der Waals surface area contributed by atoms with Crippen LogP contribution in [0.5, 0.6) is 0 Å². The minimum absolute atomic E-state index is 0. The number of aryl methyl sites for hydroxylation is 2. The maximum Gasteiger partial charge on any atom is 0.173 e. The highest BCUT2D eigenvalue weighted by Crippen LogP contribution is 2.32. The fourth-order valence-electron chi connectivity index (χ4n) is 5.17. The zero-order valence-corrected chi connectivity index (χ0v) is 20.2. The largest absolute Gasteiger partial charge is 0.298 e. The number of benzene rings is 1. The summed E-state index contributed by atoms with van der Waals surface area (Å²) in [6.07, 6.45) is 7.92. The molecule has 32 heavy (non-hydrogen) atoms. The van der Waals surface area contributed by atoms with Crippen molar-refractivity contribution in [2.45, 2.75) is 57.2 Å². The Morgan fingerprint density at radius 2 is 1.72 bits per heavy atom. The molecule has 6 nitrogen and oxygen atoms in total. The summed E-state index contributed by atoms with van der Waals surface area (Å²) in [6, 6.07) is 15.9. The standard InChI is InChI=1S/C24H32N6S.ClH/c1-3-8-20(9-4-1)13-14-30-24(25-26-27-30)23(22-12-7-19-31-22)29-17-15-28(16-18-29)21-10-5-2-6-11-21;/h1,3-4,7-9,12,19,21,23H,2,5-6,10-11,13-18H2;1H. The van der Waals surface area contributed by atoms with Gasteiger partial charge in [0.05, 0.1) is 0 Å². The summed E-state index contributed by atoms with van der Waals surface area (Å²) in [4.78, 5) is 6.66. The predicted octanol–water partition coefficient (Wildman–Crippen LogP) is 4.44. The SMILES string of the molecule is Cl.c1ccc(CCn2nnnc2C(c2cccs2)N2CCN(C3CCCCC3)CC2)cc1. The lowest BCUT2D eigenvalue weighted by Gasteiger charge is -2.42. The third kappa shape index (κ3) is 5.39. The van der Waals surface area contributed by atoms with E-state index in [-0.39, 0.29) is 18.4 Å². The van der Waals surface area contributed by atoms with Crippen LogP contribution in [-0.2, 0) is 13.0 Å². The molecule has 8 heteroatoms. The molecular formula is C24H33ClN6S. The van der Waals surface area contributed by atoms with Gasteiger partial charge in [0.25, 0.3) is 0 Å². The predicted molar refractivity (Wildman–Crippen MR) is 131 cm³/mol. The molecule has 2 fully saturated rings. The van der Waals surface area contributed by atoms with E-state index >= 15 is 0 Å². The summed E-state index contributed by atoms with van der Waals surface area (Å²) < 4.78 is 2.02. The lowest BCUT2D eigenvalue weighted by Crippen LogP contribution is -2.51. The van der Waals surface area contributed by atoms with Crippen LogP contribution >= 0.6 is 23.7 Å². The Morgan fingerprint density at radius 1 is 0.938 bits per heavy atom. The van der Waals surface area contributed by atoms with E-state index < -0.39 is 0 Å². The third-order valence-electron chi connectivity index (χ3n) is 6.88. The number of tetrazole rings is 1. The van der Waals surface area contributed by atoms with Crippen LogP contribution in [0.25, 0.3) is 0 Å². The van der Waals surface area contributed by atoms with Gasteiger partial charge in [-0.1, -0.05) is 55.7 Å². The molecule has 172 valence electrons. The second-order valence-corrected chi connectivity index (χ2v) is 9.76. The first-order valence-corrected chi connectivity index (χ1v) is 12.6. The van der Waals surface area contributed by atoms with Gasteiger partial charge >= 0.3 is 0 Å². The molecule has 1 aliphatic carbocycles. The number of halogens is 1. The van der Waals surface area contributed by atoms with Gasteiger partial charge in [0.1, 0.15) is 6.04 Å². The van der Waals surface area contributed by atoms with E-state index in [0.29, 0.717) is 0 Å². The van der Waals surface area contributed by atoms with Crippen LogP contribution in [-0.4, -0.2) is 62.2 Å². The molecule has 0 amide bonds. The normalized spacial score (nSPS) is 19.5. The number of nitrogens with zero attached hydrogens (tertiary/aromatic N) is 6. The minimum Gasteiger partial charge on any atom is -0.298 e. The van der Waals surface area contributed by atoms with Crippen LogP contribution in [0.15, 0.2) is 47.8 Å². The van der Waals surface area contributed by atoms with Crippen molar-refractivity contribution in [2.75, 3.05) is 26.2 Å². The van der Waals surface area contributed by atoms with Gasteiger partial charge in [-0.3, -0.25) is 9.80 Å². The molecule has 1 saturated carbocycles. The average molecular weight is 473 g/mol. The van der Waals surface area contributed by atoms with Crippen LogP contribution in [0.1, 0.15) is 54.4 Å². The molecule has 1 aliphatic heterocycles. The summed E-state index contributed by atoms with van der Waals surface area (Å²) in [5.74, 6) is 0.976. The van der Waals surface area contributed by atoms with Gasteiger partial charge in [-0.25, -0.2) is 4.68 Å². The van der Waals surface area contributed by atoms with Gasteiger partial charge in [0.15, 0.2) is 5.82 Å². The lowest BCUT2D eigenvalue weighted by molar-refractivity contribution is 0.0627. The molecule has 3 heterocycles. The quantitative estimate of drug-likeness (QED) is 0.508. The topological polar surface area (TPSA) is 50.1 Å². The number of hydrogen-bond acceptors (Lipinski definition) is 6. The van der Waals surface area contributed by atoms with Gasteiger partial charge in [0.2, 0.25) is 0 Å². The third-order valence-corrected chi connectivity index (χ3v) is 7.80. The number of aromatic nitrogens is 4. The van der Waals surface area contributed by atoms with Crippen molar-refractivity contribution in [1.82, 2.24) is 30.0 Å². The van der Waals surface area contributed by atoms with E-state index in [9.17, 15) is 0 Å². The van der Waals surface area contributed by atoms with Crippen molar-refractivity contribution >= 4 is 23.7 Å². The second kappa shape index (κ2) is 11.4. The maximum atomic E-state index is 4.52. The molecule has 0 N–H and O–H groups in total. The van der Waals surface area contributed by atoms with E-state index in [1.54, 1.807) is 0 Å². The monoisotopic (exact) mass is 472 g/mol. The van der Waals surface area contributed by atoms with Crippen LogP contribution in [0.3, 0.4) is 0 Å². The molecule has 2 aliphatic rings. The van der Waals surface area contributed by atoms with Crippen LogP contribution in [0.2, 0.25) is 0 Å². The fourth-order valence-corrected chi connectivity index (χ4v) is 6.03. The highest BCUT2D eigenvalue weighted by atomic mass is 35.5. The Balaban J connectivity index is 0.00000245. The first kappa shape index (κ1) is 23.4. The Morgan fingerprint density at radius 3 is 2.44 bits per heavy atom. The van der Waals surface area contributed by atoms with Crippen LogP contribution in [0.4, 0.5) is 0 Å². The van der Waals surface area contributed by atoms with Crippen molar-refractivity contribution in [3.05, 3.63) is 64.1 Å².